The summed E-state index contributed by atoms with van der Waals surface area (Å²) >= 11 is 3.40. The molecular formula is C12H13IN2O2S2. The molecule has 2 rings (SSSR count). The van der Waals surface area contributed by atoms with Crippen LogP contribution in [-0.4, -0.2) is 15.5 Å². The van der Waals surface area contributed by atoms with Gasteiger partial charge in [-0.1, -0.05) is 0 Å². The van der Waals surface area contributed by atoms with Crippen LogP contribution in [0.3, 0.4) is 0 Å². The van der Waals surface area contributed by atoms with Gasteiger partial charge in [0.05, 0.1) is 0 Å². The predicted molar refractivity (Wildman–Crippen MR) is 87.1 cm³/mol. The van der Waals surface area contributed by atoms with Crippen molar-refractivity contribution < 1.29 is 8.42 Å². The van der Waals surface area contributed by atoms with Gasteiger partial charge in [0.1, 0.15) is 4.21 Å². The zero-order valence-corrected chi connectivity index (χ0v) is 14.0. The summed E-state index contributed by atoms with van der Waals surface area (Å²) in [7, 11) is -1.66. The van der Waals surface area contributed by atoms with E-state index in [1.54, 1.807) is 18.2 Å². The highest BCUT2D eigenvalue weighted by molar-refractivity contribution is 14.1. The molecule has 1 aromatic carbocycles. The second kappa shape index (κ2) is 6.21. The summed E-state index contributed by atoms with van der Waals surface area (Å²) in [4.78, 5) is 0. The average Bonchev–Trinajstić information content (AvgIpc) is 2.82. The highest BCUT2D eigenvalue weighted by Crippen LogP contribution is 2.23. The Morgan fingerprint density at radius 2 is 1.95 bits per heavy atom. The number of hydrogen-bond donors (Lipinski definition) is 2. The monoisotopic (exact) mass is 408 g/mol. The van der Waals surface area contributed by atoms with Gasteiger partial charge in [0.2, 0.25) is 0 Å². The molecule has 0 radical (unpaired) electrons. The average molecular weight is 408 g/mol. The summed E-state index contributed by atoms with van der Waals surface area (Å²) < 4.78 is 28.3. The third-order valence-electron chi connectivity index (χ3n) is 2.37. The molecule has 0 aliphatic heterocycles. The Labute approximate surface area is 130 Å². The molecule has 0 atom stereocenters. The third-order valence-corrected chi connectivity index (χ3v) is 5.96. The molecule has 0 saturated heterocycles. The number of thiophene rings is 1. The Morgan fingerprint density at radius 1 is 1.26 bits per heavy atom. The Hall–Kier alpha value is -0.640. The van der Waals surface area contributed by atoms with Crippen molar-refractivity contribution in [1.82, 2.24) is 5.32 Å². The summed E-state index contributed by atoms with van der Waals surface area (Å²) in [5, 5.41) is 4.84. The van der Waals surface area contributed by atoms with Gasteiger partial charge in [-0.15, -0.1) is 11.3 Å². The minimum Gasteiger partial charge on any atom is -0.316 e. The zero-order valence-electron chi connectivity index (χ0n) is 10.2. The fourth-order valence-corrected chi connectivity index (χ4v) is 4.14. The highest BCUT2D eigenvalue weighted by Gasteiger charge is 2.16. The van der Waals surface area contributed by atoms with Gasteiger partial charge < -0.3 is 5.32 Å². The maximum atomic E-state index is 12.2. The van der Waals surface area contributed by atoms with Crippen molar-refractivity contribution >= 4 is 49.6 Å². The lowest BCUT2D eigenvalue weighted by Crippen LogP contribution is -2.11. The molecule has 1 heterocycles. The molecule has 7 heteroatoms. The standard InChI is InChI=1S/C12H13IN2O2S2/c1-14-7-9-6-12(18-8-9)19(16,17)15-11-4-2-10(13)3-5-11/h2-6,8,14-15H,7H2,1H3. The maximum absolute atomic E-state index is 12.2. The Balaban J connectivity index is 2.19. The lowest BCUT2D eigenvalue weighted by Gasteiger charge is -2.05. The molecule has 0 unspecified atom stereocenters. The van der Waals surface area contributed by atoms with E-state index in [1.807, 2.05) is 24.6 Å². The molecule has 0 amide bonds. The Morgan fingerprint density at radius 3 is 2.58 bits per heavy atom. The first-order valence-corrected chi connectivity index (χ1v) is 8.96. The smallest absolute Gasteiger partial charge is 0.271 e. The molecule has 102 valence electrons. The summed E-state index contributed by atoms with van der Waals surface area (Å²) in [6.45, 7) is 0.662. The molecule has 0 saturated carbocycles. The van der Waals surface area contributed by atoms with Gasteiger partial charge in [-0.25, -0.2) is 8.42 Å². The van der Waals surface area contributed by atoms with Crippen molar-refractivity contribution in [1.29, 1.82) is 0 Å². The minimum absolute atomic E-state index is 0.330. The van der Waals surface area contributed by atoms with E-state index in [4.69, 9.17) is 0 Å². The molecule has 19 heavy (non-hydrogen) atoms. The van der Waals surface area contributed by atoms with Crippen LogP contribution in [0.5, 0.6) is 0 Å². The van der Waals surface area contributed by atoms with Crippen LogP contribution in [-0.2, 0) is 16.6 Å². The number of hydrogen-bond acceptors (Lipinski definition) is 4. The second-order valence-corrected chi connectivity index (χ2v) is 7.98. The molecule has 2 N–H and O–H groups in total. The Bertz CT molecular complexity index is 651. The number of sulfonamides is 1. The number of halogens is 1. The van der Waals surface area contributed by atoms with E-state index in [1.165, 1.54) is 11.3 Å². The van der Waals surface area contributed by atoms with Crippen LogP contribution in [0.25, 0.3) is 0 Å². The van der Waals surface area contributed by atoms with Crippen LogP contribution >= 0.6 is 33.9 Å². The SMILES string of the molecule is CNCc1csc(S(=O)(=O)Nc2ccc(I)cc2)c1. The van der Waals surface area contributed by atoms with E-state index in [0.29, 0.717) is 16.4 Å². The molecule has 0 bridgehead atoms. The van der Waals surface area contributed by atoms with Crippen molar-refractivity contribution in [2.24, 2.45) is 0 Å². The fourth-order valence-electron chi connectivity index (χ4n) is 1.51. The van der Waals surface area contributed by atoms with Crippen molar-refractivity contribution in [3.05, 3.63) is 44.8 Å². The van der Waals surface area contributed by atoms with Crippen LogP contribution in [0, 0.1) is 3.57 Å². The van der Waals surface area contributed by atoms with Crippen molar-refractivity contribution in [3.8, 4) is 0 Å². The summed E-state index contributed by atoms with van der Waals surface area (Å²) in [6, 6.07) is 8.91. The lowest BCUT2D eigenvalue weighted by molar-refractivity contribution is 0.603. The minimum atomic E-state index is -3.49. The van der Waals surface area contributed by atoms with Gasteiger partial charge >= 0.3 is 0 Å². The summed E-state index contributed by atoms with van der Waals surface area (Å²) in [6.07, 6.45) is 0. The molecule has 0 aliphatic rings. The molecule has 2 aromatic rings. The number of nitrogens with one attached hydrogen (secondary N) is 2. The number of benzene rings is 1. The van der Waals surface area contributed by atoms with E-state index in [-0.39, 0.29) is 0 Å². The van der Waals surface area contributed by atoms with Gasteiger partial charge in [0, 0.05) is 15.8 Å². The van der Waals surface area contributed by atoms with E-state index < -0.39 is 10.0 Å². The normalized spacial score (nSPS) is 11.5. The van der Waals surface area contributed by atoms with E-state index >= 15 is 0 Å². The van der Waals surface area contributed by atoms with Crippen molar-refractivity contribution in [2.45, 2.75) is 10.8 Å². The van der Waals surface area contributed by atoms with E-state index in [2.05, 4.69) is 32.6 Å². The Kier molecular flexibility index (Phi) is 4.82. The predicted octanol–water partition coefficient (Wildman–Crippen LogP) is 2.87. The van der Waals surface area contributed by atoms with Gasteiger partial charge in [0.25, 0.3) is 10.0 Å². The van der Waals surface area contributed by atoms with Gasteiger partial charge in [-0.05, 0) is 70.9 Å². The molecule has 4 nitrogen and oxygen atoms in total. The second-order valence-electron chi connectivity index (χ2n) is 3.92. The van der Waals surface area contributed by atoms with Crippen molar-refractivity contribution in [3.63, 3.8) is 0 Å². The maximum Gasteiger partial charge on any atom is 0.271 e. The topological polar surface area (TPSA) is 58.2 Å². The van der Waals surface area contributed by atoms with Crippen LogP contribution in [0.2, 0.25) is 0 Å². The molecular weight excluding hydrogens is 395 g/mol. The molecule has 0 aliphatic carbocycles. The first kappa shape index (κ1) is 14.8. The molecule has 0 spiro atoms. The van der Waals surface area contributed by atoms with Crippen molar-refractivity contribution in [2.75, 3.05) is 11.8 Å². The molecule has 0 fully saturated rings. The van der Waals surface area contributed by atoms with Gasteiger partial charge in [-0.2, -0.15) is 0 Å². The number of anilines is 1. The van der Waals surface area contributed by atoms with Crippen LogP contribution in [0.4, 0.5) is 5.69 Å². The first-order valence-electron chi connectivity index (χ1n) is 5.51. The quantitative estimate of drug-likeness (QED) is 0.749. The summed E-state index contributed by atoms with van der Waals surface area (Å²) in [5.74, 6) is 0. The third kappa shape index (κ3) is 3.91. The highest BCUT2D eigenvalue weighted by atomic mass is 127. The zero-order chi connectivity index (χ0) is 13.9. The number of rotatable bonds is 5. The van der Waals surface area contributed by atoms with E-state index in [9.17, 15) is 8.42 Å². The fraction of sp³-hybridized carbons (Fsp3) is 0.167. The van der Waals surface area contributed by atoms with Crippen LogP contribution in [0.15, 0.2) is 39.9 Å². The van der Waals surface area contributed by atoms with Crippen LogP contribution < -0.4 is 10.0 Å². The van der Waals surface area contributed by atoms with E-state index in [0.717, 1.165) is 9.13 Å². The summed E-state index contributed by atoms with van der Waals surface area (Å²) in [5.41, 5.74) is 1.54. The first-order chi connectivity index (χ1) is 9.01. The van der Waals surface area contributed by atoms with Gasteiger partial charge in [0.15, 0.2) is 0 Å². The largest absolute Gasteiger partial charge is 0.316 e. The van der Waals surface area contributed by atoms with Gasteiger partial charge in [-0.3, -0.25) is 4.72 Å². The molecule has 1 aromatic heterocycles. The lowest BCUT2D eigenvalue weighted by atomic mass is 10.3. The van der Waals surface area contributed by atoms with Crippen LogP contribution in [0.1, 0.15) is 5.56 Å².